The molecule has 1 aliphatic carbocycles. The van der Waals surface area contributed by atoms with Gasteiger partial charge in [0.25, 0.3) is 0 Å². The molecule has 1 aromatic rings. The predicted octanol–water partition coefficient (Wildman–Crippen LogP) is 3.07. The van der Waals surface area contributed by atoms with Crippen LogP contribution in [0.5, 0.6) is 0 Å². The Hall–Kier alpha value is -0.0600. The maximum absolute atomic E-state index is 4.52. The van der Waals surface area contributed by atoms with Crippen LogP contribution in [0.1, 0.15) is 31.9 Å². The normalized spacial score (nSPS) is 26.0. The summed E-state index contributed by atoms with van der Waals surface area (Å²) in [7, 11) is 0. The molecule has 0 radical (unpaired) electrons. The van der Waals surface area contributed by atoms with E-state index < -0.39 is 0 Å². The van der Waals surface area contributed by atoms with E-state index in [9.17, 15) is 0 Å². The summed E-state index contributed by atoms with van der Waals surface area (Å²) in [5.41, 5.74) is 1.15. The summed E-state index contributed by atoms with van der Waals surface area (Å²) in [5, 5.41) is 6.45. The molecular weight excluding hydrogens is 224 g/mol. The number of nitrogens with zero attached hydrogens (tertiary/aromatic N) is 1. The molecular formula is C11H18N2S2. The fraction of sp³-hybridized carbons (Fsp3) is 0.727. The van der Waals surface area contributed by atoms with Crippen molar-refractivity contribution in [3.8, 4) is 0 Å². The Bertz CT molecular complexity index is 311. The van der Waals surface area contributed by atoms with E-state index in [-0.39, 0.29) is 0 Å². The van der Waals surface area contributed by atoms with Gasteiger partial charge in [0, 0.05) is 22.4 Å². The summed E-state index contributed by atoms with van der Waals surface area (Å²) in [6.45, 7) is 5.34. The van der Waals surface area contributed by atoms with Crippen LogP contribution in [0.15, 0.2) is 9.72 Å². The molecule has 0 saturated heterocycles. The Balaban J connectivity index is 1.93. The summed E-state index contributed by atoms with van der Waals surface area (Å²) in [6, 6.07) is 0.698. The second-order valence-corrected chi connectivity index (χ2v) is 6.35. The second kappa shape index (κ2) is 5.32. The summed E-state index contributed by atoms with van der Waals surface area (Å²) < 4.78 is 1.24. The van der Waals surface area contributed by atoms with Crippen LogP contribution in [0.3, 0.4) is 0 Å². The SMILES string of the molecule is CCNC1CCCC1Sc1nc(C)cs1. The third-order valence-electron chi connectivity index (χ3n) is 2.77. The smallest absolute Gasteiger partial charge is 0.150 e. The molecule has 0 aromatic carbocycles. The zero-order chi connectivity index (χ0) is 10.7. The Morgan fingerprint density at radius 3 is 3.13 bits per heavy atom. The van der Waals surface area contributed by atoms with E-state index in [4.69, 9.17) is 0 Å². The minimum atomic E-state index is 0.698. The third-order valence-corrected chi connectivity index (χ3v) is 5.26. The van der Waals surface area contributed by atoms with E-state index in [2.05, 4.69) is 29.5 Å². The maximum atomic E-state index is 4.52. The van der Waals surface area contributed by atoms with Gasteiger partial charge in [-0.05, 0) is 26.3 Å². The quantitative estimate of drug-likeness (QED) is 0.878. The van der Waals surface area contributed by atoms with Crippen molar-refractivity contribution in [2.45, 2.75) is 48.7 Å². The van der Waals surface area contributed by atoms with Gasteiger partial charge in [0.1, 0.15) is 4.34 Å². The molecule has 1 aromatic heterocycles. The lowest BCUT2D eigenvalue weighted by molar-refractivity contribution is 0.551. The Morgan fingerprint density at radius 1 is 1.60 bits per heavy atom. The molecule has 1 N–H and O–H groups in total. The van der Waals surface area contributed by atoms with Gasteiger partial charge in [-0.25, -0.2) is 4.98 Å². The lowest BCUT2D eigenvalue weighted by Crippen LogP contribution is -2.33. The molecule has 1 aliphatic rings. The number of hydrogen-bond acceptors (Lipinski definition) is 4. The second-order valence-electron chi connectivity index (χ2n) is 4.01. The van der Waals surface area contributed by atoms with Crippen LogP contribution in [-0.2, 0) is 0 Å². The van der Waals surface area contributed by atoms with Crippen LogP contribution in [0.25, 0.3) is 0 Å². The number of aromatic nitrogens is 1. The Labute approximate surface area is 99.9 Å². The van der Waals surface area contributed by atoms with Crippen molar-refractivity contribution in [3.05, 3.63) is 11.1 Å². The molecule has 2 unspecified atom stereocenters. The van der Waals surface area contributed by atoms with Crippen molar-refractivity contribution in [1.29, 1.82) is 0 Å². The fourth-order valence-corrected chi connectivity index (χ4v) is 4.47. The van der Waals surface area contributed by atoms with E-state index in [1.807, 2.05) is 11.8 Å². The lowest BCUT2D eigenvalue weighted by atomic mass is 10.2. The van der Waals surface area contributed by atoms with Gasteiger partial charge >= 0.3 is 0 Å². The summed E-state index contributed by atoms with van der Waals surface area (Å²) >= 11 is 3.75. The lowest BCUT2D eigenvalue weighted by Gasteiger charge is -2.18. The molecule has 4 heteroatoms. The number of thiazole rings is 1. The first kappa shape index (κ1) is 11.4. The first-order valence-corrected chi connectivity index (χ1v) is 7.37. The number of thioether (sulfide) groups is 1. The van der Waals surface area contributed by atoms with E-state index >= 15 is 0 Å². The number of nitrogens with one attached hydrogen (secondary N) is 1. The van der Waals surface area contributed by atoms with Crippen molar-refractivity contribution >= 4 is 23.1 Å². The Kier molecular flexibility index (Phi) is 4.05. The summed E-state index contributed by atoms with van der Waals surface area (Å²) in [5.74, 6) is 0. The van der Waals surface area contributed by atoms with Gasteiger partial charge in [0.15, 0.2) is 0 Å². The van der Waals surface area contributed by atoms with E-state index in [1.165, 1.54) is 23.6 Å². The largest absolute Gasteiger partial charge is 0.313 e. The molecule has 1 fully saturated rings. The molecule has 0 bridgehead atoms. The topological polar surface area (TPSA) is 24.9 Å². The van der Waals surface area contributed by atoms with Gasteiger partial charge in [0.2, 0.25) is 0 Å². The van der Waals surface area contributed by atoms with E-state index in [1.54, 1.807) is 11.3 Å². The van der Waals surface area contributed by atoms with Crippen LogP contribution in [-0.4, -0.2) is 22.8 Å². The van der Waals surface area contributed by atoms with E-state index in [0.29, 0.717) is 6.04 Å². The van der Waals surface area contributed by atoms with Gasteiger partial charge in [-0.1, -0.05) is 25.1 Å². The van der Waals surface area contributed by atoms with Crippen molar-refractivity contribution in [2.24, 2.45) is 0 Å². The highest BCUT2D eigenvalue weighted by Gasteiger charge is 2.27. The van der Waals surface area contributed by atoms with Crippen molar-refractivity contribution in [1.82, 2.24) is 10.3 Å². The van der Waals surface area contributed by atoms with Crippen molar-refractivity contribution in [3.63, 3.8) is 0 Å². The van der Waals surface area contributed by atoms with Crippen LogP contribution in [0.2, 0.25) is 0 Å². The average Bonchev–Trinajstić information content (AvgIpc) is 2.78. The molecule has 1 heterocycles. The molecule has 2 nitrogen and oxygen atoms in total. The van der Waals surface area contributed by atoms with Crippen LogP contribution in [0.4, 0.5) is 0 Å². The highest BCUT2D eigenvalue weighted by Crippen LogP contribution is 2.36. The average molecular weight is 242 g/mol. The number of hydrogen-bond donors (Lipinski definition) is 1. The van der Waals surface area contributed by atoms with Gasteiger partial charge in [-0.15, -0.1) is 11.3 Å². The zero-order valence-electron chi connectivity index (χ0n) is 9.32. The van der Waals surface area contributed by atoms with Crippen molar-refractivity contribution in [2.75, 3.05) is 6.54 Å². The highest BCUT2D eigenvalue weighted by atomic mass is 32.2. The monoisotopic (exact) mass is 242 g/mol. The van der Waals surface area contributed by atoms with Crippen LogP contribution >= 0.6 is 23.1 Å². The highest BCUT2D eigenvalue weighted by molar-refractivity contribution is 8.01. The number of aryl methyl sites for hydroxylation is 1. The number of rotatable bonds is 4. The molecule has 84 valence electrons. The molecule has 0 spiro atoms. The van der Waals surface area contributed by atoms with Gasteiger partial charge in [-0.3, -0.25) is 0 Å². The summed E-state index contributed by atoms with van der Waals surface area (Å²) in [6.07, 6.45) is 4.02. The molecule has 2 atom stereocenters. The van der Waals surface area contributed by atoms with Crippen LogP contribution in [0, 0.1) is 6.92 Å². The van der Waals surface area contributed by atoms with Gasteiger partial charge < -0.3 is 5.32 Å². The van der Waals surface area contributed by atoms with Crippen molar-refractivity contribution < 1.29 is 0 Å². The summed E-state index contributed by atoms with van der Waals surface area (Å²) in [4.78, 5) is 4.52. The first-order valence-electron chi connectivity index (χ1n) is 5.61. The minimum absolute atomic E-state index is 0.698. The molecule has 0 amide bonds. The van der Waals surface area contributed by atoms with Crippen LogP contribution < -0.4 is 5.32 Å². The Morgan fingerprint density at radius 2 is 2.47 bits per heavy atom. The molecule has 1 saturated carbocycles. The van der Waals surface area contributed by atoms with Gasteiger partial charge in [0.05, 0.1) is 0 Å². The fourth-order valence-electron chi connectivity index (χ4n) is 2.08. The predicted molar refractivity (Wildman–Crippen MR) is 67.8 cm³/mol. The van der Waals surface area contributed by atoms with Gasteiger partial charge in [-0.2, -0.15) is 0 Å². The van der Waals surface area contributed by atoms with E-state index in [0.717, 1.165) is 17.5 Å². The standard InChI is InChI=1S/C11H18N2S2/c1-3-12-9-5-4-6-10(9)15-11-13-8(2)7-14-11/h7,9-10,12H,3-6H2,1-2H3. The molecule has 15 heavy (non-hydrogen) atoms. The molecule has 0 aliphatic heterocycles. The third kappa shape index (κ3) is 2.95. The minimum Gasteiger partial charge on any atom is -0.313 e. The zero-order valence-corrected chi connectivity index (χ0v) is 11.0. The maximum Gasteiger partial charge on any atom is 0.150 e. The first-order chi connectivity index (χ1) is 7.29. The molecule has 2 rings (SSSR count).